The molecule has 256 valence electrons. The Hall–Kier alpha value is -1.14. The fraction of sp³-hybridized carbons (Fsp3) is 0.946. The maximum Gasteiger partial charge on any atom is 0.332 e. The second kappa shape index (κ2) is 32.3. The largest absolute Gasteiger partial charge is 0.465 e. The second-order valence-corrected chi connectivity index (χ2v) is 13.1. The predicted octanol–water partition coefficient (Wildman–Crippen LogP) is 10.1. The summed E-state index contributed by atoms with van der Waals surface area (Å²) in [5.41, 5.74) is 0. The minimum absolute atomic E-state index is 0.00292. The molecular weight excluding hydrogens is 538 g/mol. The third-order valence-corrected chi connectivity index (χ3v) is 8.40. The van der Waals surface area contributed by atoms with E-state index in [2.05, 4.69) is 20.8 Å². The lowest BCUT2D eigenvalue weighted by Gasteiger charge is -2.18. The number of nitrogens with zero attached hydrogens (tertiary/aromatic N) is 1. The van der Waals surface area contributed by atoms with Crippen LogP contribution in [0.15, 0.2) is 0 Å². The van der Waals surface area contributed by atoms with Crippen molar-refractivity contribution >= 4 is 11.9 Å². The summed E-state index contributed by atoms with van der Waals surface area (Å²) >= 11 is 0. The molecule has 0 aromatic rings. The van der Waals surface area contributed by atoms with Crippen molar-refractivity contribution in [2.24, 2.45) is 5.92 Å². The first-order chi connectivity index (χ1) is 20.9. The van der Waals surface area contributed by atoms with Crippen molar-refractivity contribution in [2.75, 3.05) is 40.5 Å². The van der Waals surface area contributed by atoms with Crippen LogP contribution in [-0.2, 0) is 23.8 Å². The third-order valence-electron chi connectivity index (χ3n) is 8.40. The van der Waals surface area contributed by atoms with Crippen LogP contribution in [0.5, 0.6) is 0 Å². The highest BCUT2D eigenvalue weighted by Crippen LogP contribution is 2.20. The molecule has 0 aliphatic carbocycles. The molecule has 2 unspecified atom stereocenters. The zero-order chi connectivity index (χ0) is 31.8. The van der Waals surface area contributed by atoms with E-state index in [1.54, 1.807) is 0 Å². The number of likely N-dealkylation sites (N-methyl/N-ethyl adjacent to an activating group) is 1. The fourth-order valence-corrected chi connectivity index (χ4v) is 5.51. The summed E-state index contributed by atoms with van der Waals surface area (Å²) in [6.07, 6.45) is 27.8. The highest BCUT2D eigenvalue weighted by atomic mass is 16.6. The van der Waals surface area contributed by atoms with Crippen LogP contribution in [-0.4, -0.2) is 63.4 Å². The monoisotopic (exact) mass is 612 g/mol. The number of esters is 2. The number of carbonyl (C=O) groups is 2. The number of hydrogen-bond acceptors (Lipinski definition) is 6. The topological polar surface area (TPSA) is 65.1 Å². The molecule has 0 saturated carbocycles. The van der Waals surface area contributed by atoms with Gasteiger partial charge in [0.05, 0.1) is 13.2 Å². The van der Waals surface area contributed by atoms with Gasteiger partial charge in [-0.1, -0.05) is 124 Å². The molecule has 2 atom stereocenters. The van der Waals surface area contributed by atoms with E-state index < -0.39 is 0 Å². The second-order valence-electron chi connectivity index (χ2n) is 13.1. The molecule has 0 heterocycles. The molecule has 0 saturated heterocycles. The Morgan fingerprint density at radius 1 is 0.581 bits per heavy atom. The van der Waals surface area contributed by atoms with E-state index in [0.717, 1.165) is 64.3 Å². The van der Waals surface area contributed by atoms with E-state index in [1.165, 1.54) is 89.9 Å². The average Bonchev–Trinajstić information content (AvgIpc) is 2.98. The van der Waals surface area contributed by atoms with Crippen LogP contribution in [0.4, 0.5) is 0 Å². The molecule has 0 rings (SSSR count). The quantitative estimate of drug-likeness (QED) is 0.0543. The van der Waals surface area contributed by atoms with Crippen LogP contribution < -0.4 is 0 Å². The molecule has 0 amide bonds. The van der Waals surface area contributed by atoms with Crippen LogP contribution in [0.2, 0.25) is 0 Å². The minimum atomic E-state index is -0.230. The molecule has 0 aromatic heterocycles. The molecule has 0 fully saturated rings. The lowest BCUT2D eigenvalue weighted by atomic mass is 9.96. The van der Waals surface area contributed by atoms with Crippen molar-refractivity contribution in [1.82, 2.24) is 4.90 Å². The van der Waals surface area contributed by atoms with Crippen molar-refractivity contribution in [1.29, 1.82) is 0 Å². The lowest BCUT2D eigenvalue weighted by Crippen LogP contribution is -2.24. The van der Waals surface area contributed by atoms with Gasteiger partial charge in [-0.25, -0.2) is 4.79 Å². The molecular formula is C37H73NO5. The van der Waals surface area contributed by atoms with Crippen molar-refractivity contribution < 1.29 is 23.8 Å². The molecule has 0 aliphatic rings. The minimum Gasteiger partial charge on any atom is -0.465 e. The highest BCUT2D eigenvalue weighted by molar-refractivity contribution is 5.70. The van der Waals surface area contributed by atoms with Crippen molar-refractivity contribution in [2.45, 2.75) is 181 Å². The van der Waals surface area contributed by atoms with E-state index in [0.29, 0.717) is 25.6 Å². The summed E-state index contributed by atoms with van der Waals surface area (Å²) in [7, 11) is 3.99. The predicted molar refractivity (Wildman–Crippen MR) is 182 cm³/mol. The van der Waals surface area contributed by atoms with Gasteiger partial charge in [0, 0.05) is 13.0 Å². The van der Waals surface area contributed by atoms with Crippen LogP contribution in [0.1, 0.15) is 175 Å². The number of rotatable bonds is 33. The van der Waals surface area contributed by atoms with Gasteiger partial charge >= 0.3 is 11.9 Å². The molecule has 0 spiro atoms. The first-order valence-corrected chi connectivity index (χ1v) is 18.5. The molecule has 0 aliphatic heterocycles. The first kappa shape index (κ1) is 41.9. The van der Waals surface area contributed by atoms with Gasteiger partial charge < -0.3 is 19.1 Å². The number of ether oxygens (including phenoxy) is 3. The van der Waals surface area contributed by atoms with E-state index in [4.69, 9.17) is 14.2 Å². The van der Waals surface area contributed by atoms with Gasteiger partial charge in [0.25, 0.3) is 0 Å². The van der Waals surface area contributed by atoms with Crippen LogP contribution in [0.25, 0.3) is 0 Å². The summed E-state index contributed by atoms with van der Waals surface area (Å²) in [4.78, 5) is 26.7. The smallest absolute Gasteiger partial charge is 0.332 e. The van der Waals surface area contributed by atoms with Crippen molar-refractivity contribution in [3.63, 3.8) is 0 Å². The van der Waals surface area contributed by atoms with Gasteiger partial charge in [0.1, 0.15) is 12.7 Å². The Morgan fingerprint density at radius 3 is 1.65 bits per heavy atom. The maximum absolute atomic E-state index is 12.4. The van der Waals surface area contributed by atoms with Gasteiger partial charge in [-0.05, 0) is 65.0 Å². The summed E-state index contributed by atoms with van der Waals surface area (Å²) < 4.78 is 17.0. The van der Waals surface area contributed by atoms with Gasteiger partial charge in [-0.3, -0.25) is 4.79 Å². The molecule has 0 N–H and O–H groups in total. The summed E-state index contributed by atoms with van der Waals surface area (Å²) in [6, 6.07) is 0. The molecule has 6 heteroatoms. The first-order valence-electron chi connectivity index (χ1n) is 18.5. The maximum atomic E-state index is 12.4. The Balaban J connectivity index is 4.15. The zero-order valence-corrected chi connectivity index (χ0v) is 29.4. The molecule has 0 bridgehead atoms. The van der Waals surface area contributed by atoms with Gasteiger partial charge in [-0.2, -0.15) is 0 Å². The summed E-state index contributed by atoms with van der Waals surface area (Å²) in [5, 5.41) is 0. The average molecular weight is 612 g/mol. The van der Waals surface area contributed by atoms with Gasteiger partial charge in [0.2, 0.25) is 0 Å². The van der Waals surface area contributed by atoms with Crippen molar-refractivity contribution in [3.05, 3.63) is 0 Å². The summed E-state index contributed by atoms with van der Waals surface area (Å²) in [6.45, 7) is 8.72. The Morgan fingerprint density at radius 2 is 1.07 bits per heavy atom. The van der Waals surface area contributed by atoms with Gasteiger partial charge in [-0.15, -0.1) is 0 Å². The standard InChI is InChI=1S/C37H73NO5/c1-6-9-12-14-15-18-22-27-35(43-37(40)33-41-31-30-38(4)5)28-23-19-16-17-20-24-29-36(39)42-32-34(25-11-8-3)26-21-13-10-7-2/h34-35H,6-33H2,1-5H3. The van der Waals surface area contributed by atoms with E-state index in [-0.39, 0.29) is 24.6 Å². The van der Waals surface area contributed by atoms with Crippen LogP contribution in [0, 0.1) is 5.92 Å². The third kappa shape index (κ3) is 30.7. The zero-order valence-electron chi connectivity index (χ0n) is 29.4. The molecule has 43 heavy (non-hydrogen) atoms. The Kier molecular flexibility index (Phi) is 31.4. The SMILES string of the molecule is CCCCCCCCCC(CCCCCCCCC(=O)OCC(CCCC)CCCCCC)OC(=O)COCCN(C)C. The number of unbranched alkanes of at least 4 members (excludes halogenated alkanes) is 15. The van der Waals surface area contributed by atoms with Crippen LogP contribution in [0.3, 0.4) is 0 Å². The summed E-state index contributed by atoms with van der Waals surface area (Å²) in [5.74, 6) is 0.285. The lowest BCUT2D eigenvalue weighted by molar-refractivity contribution is -0.155. The fourth-order valence-electron chi connectivity index (χ4n) is 5.51. The Bertz CT molecular complexity index is 612. The van der Waals surface area contributed by atoms with E-state index in [1.807, 2.05) is 19.0 Å². The molecule has 0 radical (unpaired) electrons. The highest BCUT2D eigenvalue weighted by Gasteiger charge is 2.15. The van der Waals surface area contributed by atoms with E-state index >= 15 is 0 Å². The van der Waals surface area contributed by atoms with Crippen molar-refractivity contribution in [3.8, 4) is 0 Å². The Labute approximate surface area is 267 Å². The molecule has 0 aromatic carbocycles. The normalized spacial score (nSPS) is 12.9. The molecule has 6 nitrogen and oxygen atoms in total. The van der Waals surface area contributed by atoms with Gasteiger partial charge in [0.15, 0.2) is 0 Å². The number of carbonyl (C=O) groups excluding carboxylic acids is 2. The number of hydrogen-bond donors (Lipinski definition) is 0. The van der Waals surface area contributed by atoms with E-state index in [9.17, 15) is 9.59 Å². The van der Waals surface area contributed by atoms with Crippen LogP contribution >= 0.6 is 0 Å².